The SMILES string of the molecule is c1cn(CCCNCC2CCC3(CCCC3)O2)nn1. The zero-order valence-corrected chi connectivity index (χ0v) is 11.6. The molecule has 1 saturated heterocycles. The molecule has 1 saturated carbocycles. The van der Waals surface area contributed by atoms with E-state index >= 15 is 0 Å². The van der Waals surface area contributed by atoms with Gasteiger partial charge in [-0.2, -0.15) is 0 Å². The highest BCUT2D eigenvalue weighted by atomic mass is 16.5. The Bertz CT molecular complexity index is 373. The van der Waals surface area contributed by atoms with Crippen molar-refractivity contribution in [1.82, 2.24) is 20.3 Å². The lowest BCUT2D eigenvalue weighted by Gasteiger charge is -2.23. The molecular weight excluding hydrogens is 240 g/mol. The molecule has 2 fully saturated rings. The second kappa shape index (κ2) is 6.01. The molecule has 1 aromatic heterocycles. The number of nitrogens with one attached hydrogen (secondary N) is 1. The Morgan fingerprint density at radius 1 is 1.32 bits per heavy atom. The number of rotatable bonds is 6. The third-order valence-corrected chi connectivity index (χ3v) is 4.44. The standard InChI is InChI=1S/C14H24N4O/c1-2-6-14(5-1)7-4-13(19-14)12-15-8-3-10-18-11-9-16-17-18/h9,11,13,15H,1-8,10,12H2. The molecule has 106 valence electrons. The molecule has 1 aromatic rings. The van der Waals surface area contributed by atoms with E-state index in [1.165, 1.54) is 38.5 Å². The van der Waals surface area contributed by atoms with Gasteiger partial charge >= 0.3 is 0 Å². The van der Waals surface area contributed by atoms with E-state index in [0.717, 1.165) is 26.1 Å². The summed E-state index contributed by atoms with van der Waals surface area (Å²) in [4.78, 5) is 0. The predicted octanol–water partition coefficient (Wildman–Crippen LogP) is 1.75. The van der Waals surface area contributed by atoms with Gasteiger partial charge in [-0.1, -0.05) is 18.1 Å². The maximum atomic E-state index is 6.27. The van der Waals surface area contributed by atoms with E-state index in [1.54, 1.807) is 6.20 Å². The van der Waals surface area contributed by atoms with Crippen LogP contribution in [0.1, 0.15) is 44.9 Å². The van der Waals surface area contributed by atoms with Gasteiger partial charge in [0.05, 0.1) is 17.9 Å². The van der Waals surface area contributed by atoms with E-state index in [-0.39, 0.29) is 5.60 Å². The highest BCUT2D eigenvalue weighted by molar-refractivity contribution is 4.93. The van der Waals surface area contributed by atoms with Gasteiger partial charge in [0, 0.05) is 19.3 Å². The number of nitrogens with zero attached hydrogens (tertiary/aromatic N) is 3. The quantitative estimate of drug-likeness (QED) is 0.795. The van der Waals surface area contributed by atoms with E-state index in [0.29, 0.717) is 6.10 Å². The minimum absolute atomic E-state index is 0.271. The van der Waals surface area contributed by atoms with Crippen molar-refractivity contribution in [2.45, 2.75) is 63.2 Å². The summed E-state index contributed by atoms with van der Waals surface area (Å²) in [6, 6.07) is 0. The molecule has 5 heteroatoms. The van der Waals surface area contributed by atoms with Gasteiger partial charge in [-0.05, 0) is 38.6 Å². The topological polar surface area (TPSA) is 52.0 Å². The summed E-state index contributed by atoms with van der Waals surface area (Å²) in [7, 11) is 0. The smallest absolute Gasteiger partial charge is 0.0708 e. The van der Waals surface area contributed by atoms with Gasteiger partial charge in [0.25, 0.3) is 0 Å². The normalized spacial score (nSPS) is 25.4. The molecule has 5 nitrogen and oxygen atoms in total. The molecule has 0 bridgehead atoms. The molecule has 3 rings (SSSR count). The highest BCUT2D eigenvalue weighted by Crippen LogP contribution is 2.43. The molecule has 19 heavy (non-hydrogen) atoms. The highest BCUT2D eigenvalue weighted by Gasteiger charge is 2.41. The lowest BCUT2D eigenvalue weighted by Crippen LogP contribution is -2.31. The molecule has 0 amide bonds. The van der Waals surface area contributed by atoms with Crippen molar-refractivity contribution in [3.05, 3.63) is 12.4 Å². The van der Waals surface area contributed by atoms with E-state index in [2.05, 4.69) is 15.6 Å². The molecule has 0 aromatic carbocycles. The maximum Gasteiger partial charge on any atom is 0.0708 e. The zero-order chi connectivity index (χ0) is 13.0. The van der Waals surface area contributed by atoms with E-state index in [4.69, 9.17) is 4.74 Å². The van der Waals surface area contributed by atoms with Crippen LogP contribution in [0.3, 0.4) is 0 Å². The van der Waals surface area contributed by atoms with Crippen LogP contribution >= 0.6 is 0 Å². The summed E-state index contributed by atoms with van der Waals surface area (Å²) in [6.45, 7) is 2.95. The number of aryl methyl sites for hydroxylation is 1. The van der Waals surface area contributed by atoms with Crippen LogP contribution in [0, 0.1) is 0 Å². The van der Waals surface area contributed by atoms with Gasteiger partial charge in [0.1, 0.15) is 0 Å². The van der Waals surface area contributed by atoms with Gasteiger partial charge in [0.2, 0.25) is 0 Å². The maximum absolute atomic E-state index is 6.27. The lowest BCUT2D eigenvalue weighted by molar-refractivity contribution is -0.0350. The minimum Gasteiger partial charge on any atom is -0.370 e. The first-order valence-corrected chi connectivity index (χ1v) is 7.59. The first-order chi connectivity index (χ1) is 9.36. The van der Waals surface area contributed by atoms with Crippen LogP contribution in [0.15, 0.2) is 12.4 Å². The summed E-state index contributed by atoms with van der Waals surface area (Å²) in [5.41, 5.74) is 0.271. The van der Waals surface area contributed by atoms with Crippen molar-refractivity contribution in [3.8, 4) is 0 Å². The van der Waals surface area contributed by atoms with Crippen LogP contribution in [0.5, 0.6) is 0 Å². The second-order valence-corrected chi connectivity index (χ2v) is 5.89. The van der Waals surface area contributed by atoms with Crippen molar-refractivity contribution >= 4 is 0 Å². The number of aromatic nitrogens is 3. The van der Waals surface area contributed by atoms with Crippen molar-refractivity contribution in [1.29, 1.82) is 0 Å². The monoisotopic (exact) mass is 264 g/mol. The van der Waals surface area contributed by atoms with Crippen molar-refractivity contribution in [2.24, 2.45) is 0 Å². The second-order valence-electron chi connectivity index (χ2n) is 5.89. The number of ether oxygens (including phenoxy) is 1. The third-order valence-electron chi connectivity index (χ3n) is 4.44. The summed E-state index contributed by atoms with van der Waals surface area (Å²) in [5, 5.41) is 11.3. The molecule has 2 aliphatic rings. The summed E-state index contributed by atoms with van der Waals surface area (Å²) < 4.78 is 8.15. The molecule has 0 radical (unpaired) electrons. The molecule has 1 unspecified atom stereocenters. The van der Waals surface area contributed by atoms with Crippen molar-refractivity contribution in [2.75, 3.05) is 13.1 Å². The van der Waals surface area contributed by atoms with Crippen molar-refractivity contribution in [3.63, 3.8) is 0 Å². The van der Waals surface area contributed by atoms with Crippen LogP contribution < -0.4 is 5.32 Å². The lowest BCUT2D eigenvalue weighted by atomic mass is 9.98. The number of hydrogen-bond donors (Lipinski definition) is 1. The van der Waals surface area contributed by atoms with Crippen LogP contribution in [0.25, 0.3) is 0 Å². The van der Waals surface area contributed by atoms with Gasteiger partial charge in [-0.25, -0.2) is 0 Å². The minimum atomic E-state index is 0.271. The Balaban J connectivity index is 1.29. The molecule has 1 atom stereocenters. The fourth-order valence-electron chi connectivity index (χ4n) is 3.41. The Hall–Kier alpha value is -0.940. The van der Waals surface area contributed by atoms with Crippen LogP contribution in [-0.2, 0) is 11.3 Å². The molecular formula is C14H24N4O. The van der Waals surface area contributed by atoms with Gasteiger partial charge < -0.3 is 10.1 Å². The van der Waals surface area contributed by atoms with Gasteiger partial charge in [-0.15, -0.1) is 5.10 Å². The molecule has 2 heterocycles. The van der Waals surface area contributed by atoms with Crippen LogP contribution in [0.4, 0.5) is 0 Å². The average molecular weight is 264 g/mol. The first kappa shape index (κ1) is 13.1. The van der Waals surface area contributed by atoms with E-state index in [1.807, 2.05) is 10.9 Å². The number of hydrogen-bond acceptors (Lipinski definition) is 4. The predicted molar refractivity (Wildman–Crippen MR) is 72.8 cm³/mol. The largest absolute Gasteiger partial charge is 0.370 e. The summed E-state index contributed by atoms with van der Waals surface area (Å²) in [5.74, 6) is 0. The van der Waals surface area contributed by atoms with Crippen molar-refractivity contribution < 1.29 is 4.74 Å². The summed E-state index contributed by atoms with van der Waals surface area (Å²) in [6.07, 6.45) is 13.0. The molecule has 1 aliphatic carbocycles. The molecule has 1 aliphatic heterocycles. The van der Waals surface area contributed by atoms with Gasteiger partial charge in [-0.3, -0.25) is 4.68 Å². The Morgan fingerprint density at radius 2 is 2.21 bits per heavy atom. The first-order valence-electron chi connectivity index (χ1n) is 7.59. The Labute approximate surface area is 114 Å². The fraction of sp³-hybridized carbons (Fsp3) is 0.857. The molecule has 1 spiro atoms. The zero-order valence-electron chi connectivity index (χ0n) is 11.6. The van der Waals surface area contributed by atoms with Gasteiger partial charge in [0.15, 0.2) is 0 Å². The van der Waals surface area contributed by atoms with Crippen LogP contribution in [-0.4, -0.2) is 39.8 Å². The average Bonchev–Trinajstić information content (AvgIpc) is 3.14. The van der Waals surface area contributed by atoms with E-state index in [9.17, 15) is 0 Å². The Morgan fingerprint density at radius 3 is 3.00 bits per heavy atom. The summed E-state index contributed by atoms with van der Waals surface area (Å²) >= 11 is 0. The third kappa shape index (κ3) is 3.34. The Kier molecular flexibility index (Phi) is 4.13. The van der Waals surface area contributed by atoms with E-state index < -0.39 is 0 Å². The van der Waals surface area contributed by atoms with Crippen LogP contribution in [0.2, 0.25) is 0 Å². The fourth-order valence-corrected chi connectivity index (χ4v) is 3.41. The molecule has 1 N–H and O–H groups in total.